The van der Waals surface area contributed by atoms with Gasteiger partial charge in [0.1, 0.15) is 11.2 Å². The first kappa shape index (κ1) is 28.8. The fourth-order valence-corrected chi connectivity index (χ4v) is 8.03. The molecule has 0 radical (unpaired) electrons. The molecule has 0 N–H and O–H groups in total. The Labute approximate surface area is 299 Å². The second kappa shape index (κ2) is 11.2. The molecular weight excluding hydrogens is 637 g/mol. The highest BCUT2D eigenvalue weighted by Crippen LogP contribution is 2.46. The minimum atomic E-state index is 0.835. The van der Waals surface area contributed by atoms with Gasteiger partial charge in [0.25, 0.3) is 0 Å². The third kappa shape index (κ3) is 4.28. The number of anilines is 3. The van der Waals surface area contributed by atoms with Gasteiger partial charge in [0.15, 0.2) is 11.2 Å². The first-order valence-electron chi connectivity index (χ1n) is 17.6. The summed E-state index contributed by atoms with van der Waals surface area (Å²) >= 11 is 0. The summed E-state index contributed by atoms with van der Waals surface area (Å²) in [6.07, 6.45) is 0. The smallest absolute Gasteiger partial charge is 0.159 e. The molecule has 0 saturated carbocycles. The molecular formula is C48H30N2O2. The Bertz CT molecular complexity index is 2960. The molecule has 0 spiro atoms. The molecule has 4 heteroatoms. The predicted octanol–water partition coefficient (Wildman–Crippen LogP) is 13.7. The van der Waals surface area contributed by atoms with Crippen molar-refractivity contribution in [3.8, 4) is 16.8 Å². The number of furan rings is 2. The van der Waals surface area contributed by atoms with Crippen LogP contribution in [0.15, 0.2) is 191 Å². The molecule has 8 aromatic carbocycles. The average Bonchev–Trinajstić information content (AvgIpc) is 3.89. The van der Waals surface area contributed by atoms with Crippen LogP contribution < -0.4 is 4.90 Å². The topological polar surface area (TPSA) is 34.5 Å². The van der Waals surface area contributed by atoms with Crippen LogP contribution in [0.2, 0.25) is 0 Å². The van der Waals surface area contributed by atoms with E-state index in [0.717, 1.165) is 77.8 Å². The molecule has 0 unspecified atom stereocenters. The van der Waals surface area contributed by atoms with E-state index in [0.29, 0.717) is 0 Å². The Balaban J connectivity index is 1.04. The van der Waals surface area contributed by atoms with Crippen LogP contribution in [-0.2, 0) is 0 Å². The molecule has 0 atom stereocenters. The van der Waals surface area contributed by atoms with Gasteiger partial charge in [-0.25, -0.2) is 0 Å². The fraction of sp³-hybridized carbons (Fsp3) is 0. The summed E-state index contributed by atoms with van der Waals surface area (Å²) in [5.41, 5.74) is 12.2. The molecule has 0 aliphatic heterocycles. The van der Waals surface area contributed by atoms with E-state index < -0.39 is 0 Å². The number of para-hydroxylation sites is 6. The van der Waals surface area contributed by atoms with Gasteiger partial charge in [-0.3, -0.25) is 0 Å². The van der Waals surface area contributed by atoms with Gasteiger partial charge in [0, 0.05) is 43.7 Å². The van der Waals surface area contributed by atoms with Crippen LogP contribution in [0.1, 0.15) is 0 Å². The Kier molecular flexibility index (Phi) is 6.22. The third-order valence-electron chi connectivity index (χ3n) is 10.4. The van der Waals surface area contributed by atoms with E-state index in [-0.39, 0.29) is 0 Å². The number of nitrogens with zero attached hydrogens (tertiary/aromatic N) is 2. The van der Waals surface area contributed by atoms with Gasteiger partial charge in [-0.05, 0) is 71.8 Å². The summed E-state index contributed by atoms with van der Waals surface area (Å²) < 4.78 is 15.5. The van der Waals surface area contributed by atoms with Gasteiger partial charge in [-0.15, -0.1) is 0 Å². The molecule has 3 heterocycles. The van der Waals surface area contributed by atoms with Crippen molar-refractivity contribution in [1.82, 2.24) is 4.57 Å². The second-order valence-corrected chi connectivity index (χ2v) is 13.3. The molecule has 0 saturated heterocycles. The molecule has 52 heavy (non-hydrogen) atoms. The minimum Gasteiger partial charge on any atom is -0.454 e. The van der Waals surface area contributed by atoms with E-state index in [1.54, 1.807) is 0 Å². The highest BCUT2D eigenvalue weighted by atomic mass is 16.3. The Hall–Kier alpha value is -7.04. The summed E-state index contributed by atoms with van der Waals surface area (Å²) in [6.45, 7) is 0. The standard InChI is InChI=1S/C48H30N2O2/c1-5-17-41-35(11-1)36-12-2-6-18-42(36)49(41)33-27-23-31(24-28-33)32-25-29-34(30-26-32)50(43-19-9-15-39-37-13-3-7-21-45(37)51-47(39)43)44-20-10-16-40-38-14-4-8-22-46(38)52-48(40)44/h1-30H. The number of hydrogen-bond donors (Lipinski definition) is 0. The second-order valence-electron chi connectivity index (χ2n) is 13.3. The minimum absolute atomic E-state index is 0.835. The van der Waals surface area contributed by atoms with Gasteiger partial charge in [-0.1, -0.05) is 121 Å². The van der Waals surface area contributed by atoms with Crippen LogP contribution in [0.4, 0.5) is 17.1 Å². The fourth-order valence-electron chi connectivity index (χ4n) is 8.03. The summed E-state index contributed by atoms with van der Waals surface area (Å²) in [4.78, 5) is 2.27. The summed E-state index contributed by atoms with van der Waals surface area (Å²) in [5, 5.41) is 6.88. The van der Waals surface area contributed by atoms with Crippen molar-refractivity contribution in [2.75, 3.05) is 4.90 Å². The molecule has 0 aliphatic carbocycles. The summed E-state index contributed by atoms with van der Waals surface area (Å²) in [6, 6.07) is 64.2. The van der Waals surface area contributed by atoms with Gasteiger partial charge >= 0.3 is 0 Å². The average molecular weight is 667 g/mol. The summed E-state index contributed by atoms with van der Waals surface area (Å²) in [7, 11) is 0. The van der Waals surface area contributed by atoms with E-state index in [1.165, 1.54) is 21.8 Å². The van der Waals surface area contributed by atoms with Crippen LogP contribution >= 0.6 is 0 Å². The molecule has 0 fully saturated rings. The molecule has 3 aromatic heterocycles. The van der Waals surface area contributed by atoms with Crippen molar-refractivity contribution < 1.29 is 8.83 Å². The molecule has 4 nitrogen and oxygen atoms in total. The van der Waals surface area contributed by atoms with Gasteiger partial charge in [-0.2, -0.15) is 0 Å². The number of fused-ring (bicyclic) bond motifs is 9. The monoisotopic (exact) mass is 666 g/mol. The quantitative estimate of drug-likeness (QED) is 0.183. The van der Waals surface area contributed by atoms with Crippen LogP contribution in [0.25, 0.3) is 82.5 Å². The zero-order valence-electron chi connectivity index (χ0n) is 28.0. The highest BCUT2D eigenvalue weighted by Gasteiger charge is 2.23. The maximum Gasteiger partial charge on any atom is 0.159 e. The van der Waals surface area contributed by atoms with Crippen molar-refractivity contribution >= 4 is 82.7 Å². The largest absolute Gasteiger partial charge is 0.454 e. The number of hydrogen-bond acceptors (Lipinski definition) is 3. The first-order valence-corrected chi connectivity index (χ1v) is 17.6. The zero-order valence-corrected chi connectivity index (χ0v) is 28.0. The zero-order chi connectivity index (χ0) is 34.2. The maximum absolute atomic E-state index is 6.59. The molecule has 0 aliphatic rings. The molecule has 244 valence electrons. The van der Waals surface area contributed by atoms with Crippen LogP contribution in [0, 0.1) is 0 Å². The van der Waals surface area contributed by atoms with Crippen molar-refractivity contribution in [3.05, 3.63) is 182 Å². The maximum atomic E-state index is 6.59. The van der Waals surface area contributed by atoms with Gasteiger partial charge < -0.3 is 18.3 Å². The lowest BCUT2D eigenvalue weighted by atomic mass is 10.0. The Morgan fingerprint density at radius 2 is 0.769 bits per heavy atom. The first-order chi connectivity index (χ1) is 25.8. The molecule has 11 rings (SSSR count). The lowest BCUT2D eigenvalue weighted by Crippen LogP contribution is -2.10. The number of rotatable bonds is 5. The lowest BCUT2D eigenvalue weighted by Gasteiger charge is -2.25. The molecule has 0 amide bonds. The van der Waals surface area contributed by atoms with Gasteiger partial charge in [0.2, 0.25) is 0 Å². The Morgan fingerprint density at radius 3 is 1.29 bits per heavy atom. The van der Waals surface area contributed by atoms with E-state index in [4.69, 9.17) is 8.83 Å². The molecule has 11 aromatic rings. The third-order valence-corrected chi connectivity index (χ3v) is 10.4. The SMILES string of the molecule is c1ccc2c(c1)oc1c(N(c3ccc(-c4ccc(-n5c6ccccc6c6ccccc65)cc4)cc3)c3cccc4c3oc3ccccc34)cccc12. The van der Waals surface area contributed by atoms with Crippen molar-refractivity contribution in [2.24, 2.45) is 0 Å². The normalized spacial score (nSPS) is 11.8. The number of aromatic nitrogens is 1. The van der Waals surface area contributed by atoms with Crippen LogP contribution in [-0.4, -0.2) is 4.57 Å². The van der Waals surface area contributed by atoms with Gasteiger partial charge in [0.05, 0.1) is 22.4 Å². The van der Waals surface area contributed by atoms with E-state index >= 15 is 0 Å². The number of benzene rings is 8. The van der Waals surface area contributed by atoms with Crippen LogP contribution in [0.5, 0.6) is 0 Å². The lowest BCUT2D eigenvalue weighted by molar-refractivity contribution is 0.666. The van der Waals surface area contributed by atoms with Crippen molar-refractivity contribution in [2.45, 2.75) is 0 Å². The van der Waals surface area contributed by atoms with Crippen molar-refractivity contribution in [1.29, 1.82) is 0 Å². The highest BCUT2D eigenvalue weighted by molar-refractivity contribution is 6.14. The predicted molar refractivity (Wildman–Crippen MR) is 215 cm³/mol. The Morgan fingerprint density at radius 1 is 0.346 bits per heavy atom. The van der Waals surface area contributed by atoms with Crippen LogP contribution in [0.3, 0.4) is 0 Å². The van der Waals surface area contributed by atoms with E-state index in [9.17, 15) is 0 Å². The van der Waals surface area contributed by atoms with E-state index in [2.05, 4.69) is 167 Å². The van der Waals surface area contributed by atoms with E-state index in [1.807, 2.05) is 24.3 Å². The van der Waals surface area contributed by atoms with Crippen molar-refractivity contribution in [3.63, 3.8) is 0 Å². The molecule has 0 bridgehead atoms. The summed E-state index contributed by atoms with van der Waals surface area (Å²) in [5.74, 6) is 0.